The molecular weight excluding hydrogens is 348 g/mol. The zero-order valence-electron chi connectivity index (χ0n) is 15.9. The van der Waals surface area contributed by atoms with Crippen LogP contribution in [0.25, 0.3) is 0 Å². The van der Waals surface area contributed by atoms with Gasteiger partial charge in [0, 0.05) is 18.2 Å². The van der Waals surface area contributed by atoms with Gasteiger partial charge in [0.1, 0.15) is 11.5 Å². The lowest BCUT2D eigenvalue weighted by atomic mass is 10.0. The average molecular weight is 372 g/mol. The van der Waals surface area contributed by atoms with Gasteiger partial charge in [0.25, 0.3) is 0 Å². The molecule has 142 valence electrons. The minimum atomic E-state index is 0.124. The van der Waals surface area contributed by atoms with Crippen LogP contribution in [0.15, 0.2) is 78.9 Å². The smallest absolute Gasteiger partial charge is 0.220 e. The van der Waals surface area contributed by atoms with Crippen LogP contribution in [0.3, 0.4) is 0 Å². The second kappa shape index (κ2) is 8.17. The molecule has 1 aliphatic heterocycles. The van der Waals surface area contributed by atoms with Crippen LogP contribution in [-0.2, 0) is 4.79 Å². The zero-order chi connectivity index (χ0) is 19.3. The summed E-state index contributed by atoms with van der Waals surface area (Å²) in [6.07, 6.45) is 1.47. The highest BCUT2D eigenvalue weighted by molar-refractivity contribution is 5.78. The normalized spacial score (nSPS) is 17.0. The van der Waals surface area contributed by atoms with E-state index in [0.29, 0.717) is 6.42 Å². The lowest BCUT2D eigenvalue weighted by molar-refractivity contribution is -0.119. The van der Waals surface area contributed by atoms with Gasteiger partial charge in [-0.2, -0.15) is 0 Å². The third-order valence-electron chi connectivity index (χ3n) is 5.03. The van der Waals surface area contributed by atoms with E-state index >= 15 is 0 Å². The van der Waals surface area contributed by atoms with Crippen LogP contribution in [-0.4, -0.2) is 5.91 Å². The number of nitrogens with one attached hydrogen (secondary N) is 2. The molecule has 0 radical (unpaired) electrons. The van der Waals surface area contributed by atoms with E-state index in [1.54, 1.807) is 0 Å². The molecule has 1 fully saturated rings. The van der Waals surface area contributed by atoms with Crippen LogP contribution in [0.5, 0.6) is 11.5 Å². The number of hydrogen-bond donors (Lipinski definition) is 2. The molecule has 3 aromatic rings. The molecule has 4 rings (SSSR count). The highest BCUT2D eigenvalue weighted by Crippen LogP contribution is 2.28. The Hall–Kier alpha value is -3.27. The van der Waals surface area contributed by atoms with E-state index in [9.17, 15) is 4.79 Å². The van der Waals surface area contributed by atoms with E-state index in [2.05, 4.69) is 47.9 Å². The van der Waals surface area contributed by atoms with Gasteiger partial charge in [0.05, 0.1) is 6.04 Å². The molecule has 0 bridgehead atoms. The van der Waals surface area contributed by atoms with Crippen LogP contribution >= 0.6 is 0 Å². The second-order valence-corrected chi connectivity index (χ2v) is 7.13. The molecule has 1 saturated heterocycles. The third kappa shape index (κ3) is 4.34. The second-order valence-electron chi connectivity index (χ2n) is 7.13. The van der Waals surface area contributed by atoms with Crippen molar-refractivity contribution in [1.29, 1.82) is 0 Å². The number of amides is 1. The Morgan fingerprint density at radius 1 is 0.964 bits per heavy atom. The van der Waals surface area contributed by atoms with Gasteiger partial charge in [0.2, 0.25) is 5.91 Å². The first-order valence-electron chi connectivity index (χ1n) is 9.66. The van der Waals surface area contributed by atoms with Crippen molar-refractivity contribution in [2.75, 3.05) is 5.32 Å². The maximum Gasteiger partial charge on any atom is 0.220 e. The van der Waals surface area contributed by atoms with Gasteiger partial charge in [-0.3, -0.25) is 4.79 Å². The SMILES string of the molecule is CC(Nc1cccc(C2CCC(=O)N2)c1)c1ccc(Oc2ccccc2)cc1. The molecule has 0 saturated carbocycles. The molecule has 0 aliphatic carbocycles. The number of para-hydroxylation sites is 1. The molecule has 1 amide bonds. The van der Waals surface area contributed by atoms with Crippen LogP contribution in [0.4, 0.5) is 5.69 Å². The van der Waals surface area contributed by atoms with Crippen molar-refractivity contribution in [3.63, 3.8) is 0 Å². The van der Waals surface area contributed by atoms with Gasteiger partial charge in [0.15, 0.2) is 0 Å². The van der Waals surface area contributed by atoms with E-state index in [-0.39, 0.29) is 18.0 Å². The Balaban J connectivity index is 1.41. The summed E-state index contributed by atoms with van der Waals surface area (Å²) in [6.45, 7) is 2.14. The molecule has 0 aromatic heterocycles. The first-order chi connectivity index (χ1) is 13.7. The topological polar surface area (TPSA) is 50.4 Å². The van der Waals surface area contributed by atoms with Crippen LogP contribution in [0, 0.1) is 0 Å². The Morgan fingerprint density at radius 2 is 1.71 bits per heavy atom. The maximum atomic E-state index is 11.5. The van der Waals surface area contributed by atoms with Gasteiger partial charge in [-0.15, -0.1) is 0 Å². The van der Waals surface area contributed by atoms with Crippen molar-refractivity contribution >= 4 is 11.6 Å². The Morgan fingerprint density at radius 3 is 2.43 bits per heavy atom. The number of hydrogen-bond acceptors (Lipinski definition) is 3. The summed E-state index contributed by atoms with van der Waals surface area (Å²) in [6, 6.07) is 26.5. The van der Waals surface area contributed by atoms with Crippen molar-refractivity contribution in [1.82, 2.24) is 5.32 Å². The van der Waals surface area contributed by atoms with Crippen molar-refractivity contribution in [2.45, 2.75) is 31.8 Å². The fraction of sp³-hybridized carbons (Fsp3) is 0.208. The zero-order valence-corrected chi connectivity index (χ0v) is 15.9. The lowest BCUT2D eigenvalue weighted by Crippen LogP contribution is -2.18. The summed E-state index contributed by atoms with van der Waals surface area (Å²) in [5.74, 6) is 1.79. The molecule has 3 aromatic carbocycles. The number of carbonyl (C=O) groups excluding carboxylic acids is 1. The highest BCUT2D eigenvalue weighted by atomic mass is 16.5. The standard InChI is InChI=1S/C24H24N2O2/c1-17(18-10-12-22(13-11-18)28-21-8-3-2-4-9-21)25-20-7-5-6-19(16-20)23-14-15-24(27)26-23/h2-13,16-17,23,25H,14-15H2,1H3,(H,26,27). The molecular formula is C24H24N2O2. The molecule has 1 heterocycles. The molecule has 2 atom stereocenters. The number of anilines is 1. The monoisotopic (exact) mass is 372 g/mol. The predicted molar refractivity (Wildman–Crippen MR) is 112 cm³/mol. The molecule has 28 heavy (non-hydrogen) atoms. The van der Waals surface area contributed by atoms with Gasteiger partial charge in [-0.05, 0) is 60.9 Å². The fourth-order valence-corrected chi connectivity index (χ4v) is 3.49. The number of rotatable bonds is 6. The van der Waals surface area contributed by atoms with Crippen molar-refractivity contribution in [3.8, 4) is 11.5 Å². The quantitative estimate of drug-likeness (QED) is 0.592. The molecule has 1 aliphatic rings. The Labute approximate surface area is 165 Å². The van der Waals surface area contributed by atoms with Gasteiger partial charge < -0.3 is 15.4 Å². The van der Waals surface area contributed by atoms with Crippen LogP contribution in [0.2, 0.25) is 0 Å². The summed E-state index contributed by atoms with van der Waals surface area (Å²) in [5.41, 5.74) is 3.38. The molecule has 2 N–H and O–H groups in total. The summed E-state index contributed by atoms with van der Waals surface area (Å²) >= 11 is 0. The van der Waals surface area contributed by atoms with Crippen molar-refractivity contribution < 1.29 is 9.53 Å². The first kappa shape index (κ1) is 18.1. The summed E-state index contributed by atoms with van der Waals surface area (Å²) in [7, 11) is 0. The lowest BCUT2D eigenvalue weighted by Gasteiger charge is -2.18. The van der Waals surface area contributed by atoms with E-state index in [4.69, 9.17) is 4.74 Å². The van der Waals surface area contributed by atoms with Gasteiger partial charge in [-0.25, -0.2) is 0 Å². The van der Waals surface area contributed by atoms with Crippen LogP contribution < -0.4 is 15.4 Å². The number of carbonyl (C=O) groups is 1. The van der Waals surface area contributed by atoms with E-state index in [1.165, 1.54) is 5.56 Å². The van der Waals surface area contributed by atoms with Crippen molar-refractivity contribution in [3.05, 3.63) is 90.0 Å². The average Bonchev–Trinajstić information content (AvgIpc) is 3.16. The number of benzene rings is 3. The molecule has 4 nitrogen and oxygen atoms in total. The van der Waals surface area contributed by atoms with E-state index < -0.39 is 0 Å². The van der Waals surface area contributed by atoms with Crippen LogP contribution in [0.1, 0.15) is 43.0 Å². The molecule has 2 unspecified atom stereocenters. The highest BCUT2D eigenvalue weighted by Gasteiger charge is 2.22. The Kier molecular flexibility index (Phi) is 5.29. The third-order valence-corrected chi connectivity index (χ3v) is 5.03. The summed E-state index contributed by atoms with van der Waals surface area (Å²) in [4.78, 5) is 11.5. The fourth-order valence-electron chi connectivity index (χ4n) is 3.49. The molecule has 4 heteroatoms. The minimum Gasteiger partial charge on any atom is -0.457 e. The predicted octanol–water partition coefficient (Wildman–Crippen LogP) is 5.60. The Bertz CT molecular complexity index is 938. The number of ether oxygens (including phenoxy) is 1. The van der Waals surface area contributed by atoms with Gasteiger partial charge >= 0.3 is 0 Å². The van der Waals surface area contributed by atoms with Gasteiger partial charge in [-0.1, -0.05) is 42.5 Å². The largest absolute Gasteiger partial charge is 0.457 e. The maximum absolute atomic E-state index is 11.5. The van der Waals surface area contributed by atoms with Crippen molar-refractivity contribution in [2.24, 2.45) is 0 Å². The summed E-state index contributed by atoms with van der Waals surface area (Å²) < 4.78 is 5.86. The summed E-state index contributed by atoms with van der Waals surface area (Å²) in [5, 5.41) is 6.58. The molecule has 0 spiro atoms. The first-order valence-corrected chi connectivity index (χ1v) is 9.66. The van der Waals surface area contributed by atoms with E-state index in [1.807, 2.05) is 48.5 Å². The van der Waals surface area contributed by atoms with E-state index in [0.717, 1.165) is 29.2 Å². The minimum absolute atomic E-state index is 0.124.